The van der Waals surface area contributed by atoms with E-state index in [1.807, 2.05) is 13.8 Å². The summed E-state index contributed by atoms with van der Waals surface area (Å²) in [7, 11) is -1.86. The van der Waals surface area contributed by atoms with E-state index in [9.17, 15) is 23.1 Å². The lowest BCUT2D eigenvalue weighted by Gasteiger charge is -2.24. The molecule has 0 saturated carbocycles. The molecule has 10 heteroatoms. The fourth-order valence-corrected chi connectivity index (χ4v) is 5.50. The van der Waals surface area contributed by atoms with Crippen molar-refractivity contribution in [1.82, 2.24) is 4.90 Å². The van der Waals surface area contributed by atoms with E-state index in [-0.39, 0.29) is 24.8 Å². The first-order valence-corrected chi connectivity index (χ1v) is 12.1. The molecule has 2 aliphatic rings. The van der Waals surface area contributed by atoms with E-state index in [2.05, 4.69) is 4.40 Å². The Balaban J connectivity index is 1.56. The third-order valence-corrected chi connectivity index (χ3v) is 7.40. The molecule has 1 N–H and O–H groups in total. The van der Waals surface area contributed by atoms with Crippen LogP contribution >= 0.6 is 0 Å². The number of benzene rings is 1. The summed E-state index contributed by atoms with van der Waals surface area (Å²) in [5.41, 5.74) is 1.35. The molecule has 0 fully saturated rings. The monoisotopic (exact) mass is 463 g/mol. The van der Waals surface area contributed by atoms with Gasteiger partial charge in [0, 0.05) is 24.9 Å². The van der Waals surface area contributed by atoms with E-state index in [0.29, 0.717) is 42.2 Å². The van der Waals surface area contributed by atoms with Gasteiger partial charge in [0.2, 0.25) is 6.41 Å². The van der Waals surface area contributed by atoms with Crippen molar-refractivity contribution >= 4 is 33.9 Å². The van der Waals surface area contributed by atoms with Crippen LogP contribution < -0.4 is 4.90 Å². The summed E-state index contributed by atoms with van der Waals surface area (Å²) < 4.78 is 33.9. The second-order valence-corrected chi connectivity index (χ2v) is 9.76. The number of nitrogens with zero attached hydrogens (tertiary/aromatic N) is 3. The predicted octanol–water partition coefficient (Wildman–Crippen LogP) is 2.28. The number of anilines is 1. The average Bonchev–Trinajstić information content (AvgIpc) is 3.28. The minimum Gasteiger partial charge on any atom is -0.508 e. The van der Waals surface area contributed by atoms with Crippen molar-refractivity contribution in [3.63, 3.8) is 0 Å². The summed E-state index contributed by atoms with van der Waals surface area (Å²) in [6.45, 7) is 4.35. The predicted molar refractivity (Wildman–Crippen MR) is 121 cm³/mol. The molecule has 0 saturated heterocycles. The van der Waals surface area contributed by atoms with E-state index in [0.717, 1.165) is 12.0 Å². The first kappa shape index (κ1) is 23.8. The molecule has 2 unspecified atom stereocenters. The van der Waals surface area contributed by atoms with Gasteiger partial charge in [0.05, 0.1) is 17.4 Å². The summed E-state index contributed by atoms with van der Waals surface area (Å²) in [5, 5.41) is 9.41. The van der Waals surface area contributed by atoms with Gasteiger partial charge in [-0.05, 0) is 49.4 Å². The summed E-state index contributed by atoms with van der Waals surface area (Å²) in [6.07, 6.45) is 2.43. The molecule has 1 aliphatic heterocycles. The Morgan fingerprint density at radius 1 is 1.34 bits per heavy atom. The Morgan fingerprint density at radius 2 is 2.03 bits per heavy atom. The zero-order valence-corrected chi connectivity index (χ0v) is 19.3. The number of hydrogen-bond acceptors (Lipinski definition) is 7. The zero-order chi connectivity index (χ0) is 23.5. The molecule has 1 amide bonds. The first-order chi connectivity index (χ1) is 15.2. The number of allylic oxidation sites excluding steroid dienone is 1. The van der Waals surface area contributed by atoms with Crippen LogP contribution in [-0.4, -0.2) is 63.4 Å². The van der Waals surface area contributed by atoms with Gasteiger partial charge in [-0.1, -0.05) is 13.8 Å². The van der Waals surface area contributed by atoms with Crippen LogP contribution in [0.25, 0.3) is 0 Å². The van der Waals surface area contributed by atoms with Crippen LogP contribution in [-0.2, 0) is 24.3 Å². The maximum absolute atomic E-state index is 12.6. The molecule has 0 aromatic heterocycles. The smallest absolute Gasteiger partial charge is 0.310 e. The van der Waals surface area contributed by atoms with Crippen molar-refractivity contribution in [2.45, 2.75) is 33.1 Å². The normalized spacial score (nSPS) is 19.8. The third kappa shape index (κ3) is 4.95. The molecule has 1 aromatic carbocycles. The second-order valence-electron chi connectivity index (χ2n) is 8.13. The molecule has 1 heterocycles. The Labute approximate surface area is 188 Å². The van der Waals surface area contributed by atoms with Crippen LogP contribution in [0.5, 0.6) is 5.75 Å². The lowest BCUT2D eigenvalue weighted by Crippen LogP contribution is -2.35. The number of rotatable bonds is 9. The number of hydrogen-bond donors (Lipinski definition) is 1. The molecule has 2 atom stereocenters. The quantitative estimate of drug-likeness (QED) is 0.441. The summed E-state index contributed by atoms with van der Waals surface area (Å²) in [4.78, 5) is 27.6. The number of likely N-dealkylation sites (N-methyl/N-ethyl adjacent to an activating group) is 1. The molecule has 174 valence electrons. The fourth-order valence-electron chi connectivity index (χ4n) is 3.98. The van der Waals surface area contributed by atoms with Crippen molar-refractivity contribution in [2.24, 2.45) is 16.2 Å². The minimum atomic E-state index is -3.59. The average molecular weight is 464 g/mol. The molecule has 32 heavy (non-hydrogen) atoms. The number of phenolic OH excluding ortho intramolecular Hbond substituents is 1. The first-order valence-electron chi connectivity index (χ1n) is 10.6. The largest absolute Gasteiger partial charge is 0.508 e. The number of aromatic hydroxyl groups is 1. The molecule has 0 bridgehead atoms. The van der Waals surface area contributed by atoms with Gasteiger partial charge in [-0.25, -0.2) is 0 Å². The minimum absolute atomic E-state index is 0.0716. The van der Waals surface area contributed by atoms with E-state index in [4.69, 9.17) is 4.74 Å². The Hall–Kier alpha value is -2.88. The molecular formula is C22H29N3O6S. The molecular weight excluding hydrogens is 434 g/mol. The van der Waals surface area contributed by atoms with Crippen molar-refractivity contribution in [1.29, 1.82) is 0 Å². The highest BCUT2D eigenvalue weighted by atomic mass is 32.2. The van der Waals surface area contributed by atoms with Crippen molar-refractivity contribution in [2.75, 3.05) is 31.6 Å². The van der Waals surface area contributed by atoms with Crippen LogP contribution in [0, 0.1) is 11.8 Å². The van der Waals surface area contributed by atoms with Crippen LogP contribution in [0.2, 0.25) is 0 Å². The van der Waals surface area contributed by atoms with Crippen molar-refractivity contribution < 1.29 is 27.9 Å². The lowest BCUT2D eigenvalue weighted by molar-refractivity contribution is -0.148. The molecule has 1 aliphatic carbocycles. The molecule has 0 spiro atoms. The number of amidine groups is 1. The number of sulfonamides is 1. The van der Waals surface area contributed by atoms with Gasteiger partial charge in [0.25, 0.3) is 10.0 Å². The van der Waals surface area contributed by atoms with Gasteiger partial charge >= 0.3 is 5.97 Å². The van der Waals surface area contributed by atoms with Crippen LogP contribution in [0.1, 0.15) is 33.1 Å². The van der Waals surface area contributed by atoms with Crippen LogP contribution in [0.15, 0.2) is 39.1 Å². The number of amides is 1. The highest BCUT2D eigenvalue weighted by Gasteiger charge is 2.40. The maximum Gasteiger partial charge on any atom is 0.310 e. The summed E-state index contributed by atoms with van der Waals surface area (Å²) >= 11 is 0. The number of phenols is 1. The second kappa shape index (κ2) is 9.72. The fraction of sp³-hybridized carbons (Fsp3) is 0.500. The van der Waals surface area contributed by atoms with E-state index in [1.54, 1.807) is 24.1 Å². The van der Waals surface area contributed by atoms with Crippen molar-refractivity contribution in [3.05, 3.63) is 34.7 Å². The molecule has 0 radical (unpaired) electrons. The van der Waals surface area contributed by atoms with E-state index in [1.165, 1.54) is 17.0 Å². The topological polar surface area (TPSA) is 117 Å². The molecule has 3 rings (SSSR count). The SMILES string of the molecule is CCC(CN(C=O)c1ccc(O)cc1)C(=O)OCCN(C)C1=NS(=O)(=O)C2=C1C(C)CC2. The molecule has 9 nitrogen and oxygen atoms in total. The lowest BCUT2D eigenvalue weighted by atomic mass is 10.0. The number of carbonyl (C=O) groups is 2. The standard InChI is InChI=1S/C22H29N3O6S/c1-4-16(13-25(14-26)17-6-8-18(27)9-7-17)22(28)31-12-11-24(3)21-20-15(2)5-10-19(20)32(29,30)23-21/h6-9,14-16,27H,4-5,10-13H2,1-3H3. The number of ether oxygens (including phenoxy) is 1. The van der Waals surface area contributed by atoms with Gasteiger partial charge in [0.15, 0.2) is 0 Å². The van der Waals surface area contributed by atoms with Gasteiger partial charge in [-0.2, -0.15) is 8.42 Å². The summed E-state index contributed by atoms with van der Waals surface area (Å²) in [5.74, 6) is -0.295. The Kier molecular flexibility index (Phi) is 7.22. The van der Waals surface area contributed by atoms with Crippen LogP contribution in [0.3, 0.4) is 0 Å². The van der Waals surface area contributed by atoms with Gasteiger partial charge < -0.3 is 19.6 Å². The zero-order valence-electron chi connectivity index (χ0n) is 18.5. The highest BCUT2D eigenvalue weighted by Crippen LogP contribution is 2.41. The number of esters is 1. The third-order valence-electron chi connectivity index (χ3n) is 5.94. The highest BCUT2D eigenvalue weighted by molar-refractivity contribution is 7.94. The number of carbonyl (C=O) groups excluding carboxylic acids is 2. The van der Waals surface area contributed by atoms with E-state index >= 15 is 0 Å². The van der Waals surface area contributed by atoms with Gasteiger partial charge in [-0.3, -0.25) is 9.59 Å². The maximum atomic E-state index is 12.6. The van der Waals surface area contributed by atoms with Gasteiger partial charge in [-0.15, -0.1) is 4.40 Å². The van der Waals surface area contributed by atoms with Gasteiger partial charge in [0.1, 0.15) is 18.2 Å². The Morgan fingerprint density at radius 3 is 2.66 bits per heavy atom. The van der Waals surface area contributed by atoms with Crippen molar-refractivity contribution in [3.8, 4) is 5.75 Å². The Bertz CT molecular complexity index is 1030. The van der Waals surface area contributed by atoms with Crippen LogP contribution in [0.4, 0.5) is 5.69 Å². The molecule has 1 aromatic rings. The summed E-state index contributed by atoms with van der Waals surface area (Å²) in [6, 6.07) is 6.14. The van der Waals surface area contributed by atoms with E-state index < -0.39 is 21.9 Å².